The molecule has 3 aromatic rings. The Labute approximate surface area is 155 Å². The molecule has 0 radical (unpaired) electrons. The maximum absolute atomic E-state index is 6.32. The van der Waals surface area contributed by atoms with Crippen LogP contribution in [-0.2, 0) is 0 Å². The molecule has 1 nitrogen and oxygen atoms in total. The Morgan fingerprint density at radius 3 is 2.19 bits per heavy atom. The molecular formula is C25H20O. The van der Waals surface area contributed by atoms with Gasteiger partial charge in [-0.1, -0.05) is 85.5 Å². The van der Waals surface area contributed by atoms with Gasteiger partial charge in [-0.2, -0.15) is 0 Å². The second kappa shape index (κ2) is 7.33. The maximum atomic E-state index is 6.32. The van der Waals surface area contributed by atoms with Crippen LogP contribution in [0.15, 0.2) is 90.5 Å². The van der Waals surface area contributed by atoms with Crippen molar-refractivity contribution in [3.63, 3.8) is 0 Å². The Bertz CT molecular complexity index is 988. The molecule has 0 aliphatic carbocycles. The van der Waals surface area contributed by atoms with E-state index in [1.54, 1.807) is 0 Å². The molecule has 126 valence electrons. The van der Waals surface area contributed by atoms with Gasteiger partial charge in [-0.05, 0) is 30.2 Å². The fourth-order valence-electron chi connectivity index (χ4n) is 3.35. The highest BCUT2D eigenvalue weighted by atomic mass is 16.5. The monoisotopic (exact) mass is 336 g/mol. The molecule has 1 aliphatic heterocycles. The number of hydrogen-bond donors (Lipinski definition) is 0. The van der Waals surface area contributed by atoms with E-state index in [1.165, 1.54) is 5.57 Å². The van der Waals surface area contributed by atoms with Crippen molar-refractivity contribution in [1.82, 2.24) is 0 Å². The Morgan fingerprint density at radius 2 is 1.46 bits per heavy atom. The van der Waals surface area contributed by atoms with Gasteiger partial charge in [0.15, 0.2) is 0 Å². The van der Waals surface area contributed by atoms with Gasteiger partial charge in [-0.25, -0.2) is 0 Å². The normalized spacial score (nSPS) is 15.5. The van der Waals surface area contributed by atoms with Gasteiger partial charge in [0, 0.05) is 16.7 Å². The molecule has 0 N–H and O–H groups in total. The topological polar surface area (TPSA) is 9.23 Å². The molecule has 1 heterocycles. The number of benzene rings is 3. The van der Waals surface area contributed by atoms with E-state index in [1.807, 2.05) is 60.7 Å². The fraction of sp³-hybridized carbons (Fsp3) is 0.120. The summed E-state index contributed by atoms with van der Waals surface area (Å²) >= 11 is 0. The van der Waals surface area contributed by atoms with Crippen LogP contribution in [0.2, 0.25) is 0 Å². The molecule has 0 aromatic heterocycles. The molecule has 1 aliphatic rings. The van der Waals surface area contributed by atoms with Crippen LogP contribution in [0, 0.1) is 11.8 Å². The summed E-state index contributed by atoms with van der Waals surface area (Å²) in [6, 6.07) is 28.7. The summed E-state index contributed by atoms with van der Waals surface area (Å²) in [6.45, 7) is 2.17. The van der Waals surface area contributed by atoms with Crippen LogP contribution in [0.25, 0.3) is 5.76 Å². The van der Waals surface area contributed by atoms with E-state index in [-0.39, 0.29) is 5.92 Å². The number of hydrogen-bond acceptors (Lipinski definition) is 1. The second-order valence-corrected chi connectivity index (χ2v) is 6.28. The Balaban J connectivity index is 1.86. The highest BCUT2D eigenvalue weighted by molar-refractivity contribution is 5.72. The lowest BCUT2D eigenvalue weighted by Gasteiger charge is -2.28. The molecule has 0 fully saturated rings. The van der Waals surface area contributed by atoms with E-state index < -0.39 is 0 Å². The van der Waals surface area contributed by atoms with Crippen LogP contribution in [-0.4, -0.2) is 0 Å². The van der Waals surface area contributed by atoms with Crippen LogP contribution >= 0.6 is 0 Å². The molecule has 0 saturated heterocycles. The Kier molecular flexibility index (Phi) is 4.58. The number of ether oxygens (including phenoxy) is 1. The number of fused-ring (bicyclic) bond motifs is 1. The summed E-state index contributed by atoms with van der Waals surface area (Å²) in [5.41, 5.74) is 4.52. The van der Waals surface area contributed by atoms with Gasteiger partial charge in [0.05, 0.1) is 5.92 Å². The number of allylic oxidation sites excluding steroid dienone is 1. The minimum atomic E-state index is 0.0420. The molecule has 1 atom stereocenters. The lowest BCUT2D eigenvalue weighted by molar-refractivity contribution is 0.483. The Hall–Kier alpha value is -3.24. The van der Waals surface area contributed by atoms with Gasteiger partial charge >= 0.3 is 0 Å². The number of rotatable bonds is 2. The van der Waals surface area contributed by atoms with Crippen molar-refractivity contribution in [3.8, 4) is 17.6 Å². The zero-order valence-electron chi connectivity index (χ0n) is 14.8. The van der Waals surface area contributed by atoms with E-state index in [0.717, 1.165) is 34.6 Å². The van der Waals surface area contributed by atoms with E-state index in [9.17, 15) is 0 Å². The first-order chi connectivity index (χ1) is 12.9. The van der Waals surface area contributed by atoms with E-state index in [0.29, 0.717) is 0 Å². The predicted molar refractivity (Wildman–Crippen MR) is 107 cm³/mol. The van der Waals surface area contributed by atoms with E-state index in [2.05, 4.69) is 43.0 Å². The maximum Gasteiger partial charge on any atom is 0.135 e. The van der Waals surface area contributed by atoms with E-state index >= 15 is 0 Å². The highest BCUT2D eigenvalue weighted by Gasteiger charge is 2.28. The first-order valence-electron chi connectivity index (χ1n) is 8.98. The molecule has 26 heavy (non-hydrogen) atoms. The van der Waals surface area contributed by atoms with Crippen molar-refractivity contribution in [1.29, 1.82) is 0 Å². The highest BCUT2D eigenvalue weighted by Crippen LogP contribution is 2.43. The van der Waals surface area contributed by atoms with Crippen molar-refractivity contribution < 1.29 is 4.74 Å². The van der Waals surface area contributed by atoms with Gasteiger partial charge in [-0.15, -0.1) is 0 Å². The van der Waals surface area contributed by atoms with Gasteiger partial charge in [0.25, 0.3) is 0 Å². The lowest BCUT2D eigenvalue weighted by atomic mass is 9.85. The second-order valence-electron chi connectivity index (χ2n) is 6.28. The lowest BCUT2D eigenvalue weighted by Crippen LogP contribution is -2.14. The van der Waals surface area contributed by atoms with Crippen LogP contribution in [0.4, 0.5) is 0 Å². The van der Waals surface area contributed by atoms with Crippen molar-refractivity contribution in [2.24, 2.45) is 0 Å². The van der Waals surface area contributed by atoms with Crippen molar-refractivity contribution >= 4 is 5.76 Å². The van der Waals surface area contributed by atoms with Gasteiger partial charge < -0.3 is 4.74 Å². The Morgan fingerprint density at radius 1 is 0.808 bits per heavy atom. The third kappa shape index (κ3) is 3.15. The van der Waals surface area contributed by atoms with Gasteiger partial charge in [0.2, 0.25) is 0 Å². The molecule has 4 rings (SSSR count). The minimum Gasteiger partial charge on any atom is -0.456 e. The summed E-state index contributed by atoms with van der Waals surface area (Å²) in [4.78, 5) is 0. The molecule has 0 bridgehead atoms. The zero-order chi connectivity index (χ0) is 17.8. The summed E-state index contributed by atoms with van der Waals surface area (Å²) in [6.07, 6.45) is 0.896. The third-order valence-electron chi connectivity index (χ3n) is 4.63. The van der Waals surface area contributed by atoms with E-state index in [4.69, 9.17) is 4.74 Å². The van der Waals surface area contributed by atoms with Crippen LogP contribution in [0.1, 0.15) is 36.0 Å². The van der Waals surface area contributed by atoms with Crippen molar-refractivity contribution in [2.75, 3.05) is 0 Å². The molecular weight excluding hydrogens is 316 g/mol. The molecule has 0 spiro atoms. The molecule has 0 saturated carbocycles. The zero-order valence-corrected chi connectivity index (χ0v) is 14.8. The first kappa shape index (κ1) is 16.2. The molecule has 1 heteroatoms. The predicted octanol–water partition coefficient (Wildman–Crippen LogP) is 6.04. The van der Waals surface area contributed by atoms with Crippen molar-refractivity contribution in [3.05, 3.63) is 107 Å². The number of para-hydroxylation sites is 1. The molecule has 3 aromatic carbocycles. The smallest absolute Gasteiger partial charge is 0.135 e. The quantitative estimate of drug-likeness (QED) is 0.519. The fourth-order valence-corrected chi connectivity index (χ4v) is 3.35. The van der Waals surface area contributed by atoms with Crippen molar-refractivity contribution in [2.45, 2.75) is 19.3 Å². The summed E-state index contributed by atoms with van der Waals surface area (Å²) < 4.78 is 6.32. The minimum absolute atomic E-state index is 0.0420. The van der Waals surface area contributed by atoms with Crippen LogP contribution in [0.3, 0.4) is 0 Å². The summed E-state index contributed by atoms with van der Waals surface area (Å²) in [5, 5.41) is 0. The van der Waals surface area contributed by atoms with Gasteiger partial charge in [0.1, 0.15) is 11.5 Å². The molecule has 0 amide bonds. The summed E-state index contributed by atoms with van der Waals surface area (Å²) in [7, 11) is 0. The van der Waals surface area contributed by atoms with Crippen LogP contribution < -0.4 is 4.74 Å². The average Bonchev–Trinajstić information content (AvgIpc) is 2.72. The molecule has 0 unspecified atom stereocenters. The van der Waals surface area contributed by atoms with Gasteiger partial charge in [-0.3, -0.25) is 0 Å². The SMILES string of the molecule is CCC1=C(c2ccccc2)Oc2ccccc2[C@H]1C#Cc1ccccc1. The third-order valence-corrected chi connectivity index (χ3v) is 4.63. The average molecular weight is 336 g/mol. The van der Waals surface area contributed by atoms with Crippen LogP contribution in [0.5, 0.6) is 5.75 Å². The standard InChI is InChI=1S/C25H20O/c1-2-21-22(18-17-19-11-5-3-6-12-19)23-15-9-10-16-24(23)26-25(21)20-13-7-4-8-14-20/h3-16,22H,2H2,1H3/t22-/m0/s1. The largest absolute Gasteiger partial charge is 0.456 e. The summed E-state index contributed by atoms with van der Waals surface area (Å²) in [5.74, 6) is 8.74. The first-order valence-corrected chi connectivity index (χ1v) is 8.98.